The number of hydrogen-bond acceptors (Lipinski definition) is 3. The SMILES string of the molecule is Cc1ccc(CC(N)CNC(=O)OC(C)(C)C)c(C)c1. The van der Waals surface area contributed by atoms with Crippen molar-refractivity contribution in [2.75, 3.05) is 6.54 Å². The highest BCUT2D eigenvalue weighted by Gasteiger charge is 2.16. The Balaban J connectivity index is 2.44. The monoisotopic (exact) mass is 278 g/mol. The van der Waals surface area contributed by atoms with Crippen LogP contribution in [0.3, 0.4) is 0 Å². The van der Waals surface area contributed by atoms with Crippen LogP contribution in [-0.2, 0) is 11.2 Å². The molecule has 0 radical (unpaired) electrons. The average Bonchev–Trinajstić information content (AvgIpc) is 2.28. The van der Waals surface area contributed by atoms with Crippen LogP contribution in [-0.4, -0.2) is 24.3 Å². The number of alkyl carbamates (subject to hydrolysis) is 1. The van der Waals surface area contributed by atoms with Gasteiger partial charge < -0.3 is 15.8 Å². The third-order valence-corrected chi connectivity index (χ3v) is 2.89. The number of ether oxygens (including phenoxy) is 1. The van der Waals surface area contributed by atoms with E-state index in [9.17, 15) is 4.79 Å². The van der Waals surface area contributed by atoms with Gasteiger partial charge in [-0.15, -0.1) is 0 Å². The van der Waals surface area contributed by atoms with Crippen molar-refractivity contribution in [3.63, 3.8) is 0 Å². The summed E-state index contributed by atoms with van der Waals surface area (Å²) in [6.45, 7) is 10.1. The first kappa shape index (κ1) is 16.5. The van der Waals surface area contributed by atoms with E-state index in [0.29, 0.717) is 6.54 Å². The van der Waals surface area contributed by atoms with Crippen molar-refractivity contribution in [3.8, 4) is 0 Å². The molecule has 0 saturated carbocycles. The Morgan fingerprint density at radius 3 is 2.55 bits per heavy atom. The van der Waals surface area contributed by atoms with Crippen LogP contribution in [0.15, 0.2) is 18.2 Å². The second-order valence-corrected chi connectivity index (χ2v) is 6.28. The molecule has 0 saturated heterocycles. The van der Waals surface area contributed by atoms with E-state index in [-0.39, 0.29) is 6.04 Å². The lowest BCUT2D eigenvalue weighted by Gasteiger charge is -2.21. The second kappa shape index (κ2) is 6.75. The Bertz CT molecular complexity index is 464. The molecule has 1 rings (SSSR count). The van der Waals surface area contributed by atoms with E-state index < -0.39 is 11.7 Å². The molecule has 4 heteroatoms. The summed E-state index contributed by atoms with van der Waals surface area (Å²) < 4.78 is 5.17. The zero-order chi connectivity index (χ0) is 15.3. The largest absolute Gasteiger partial charge is 0.444 e. The van der Waals surface area contributed by atoms with Crippen LogP contribution >= 0.6 is 0 Å². The van der Waals surface area contributed by atoms with Gasteiger partial charge in [-0.25, -0.2) is 4.79 Å². The number of rotatable bonds is 4. The summed E-state index contributed by atoms with van der Waals surface area (Å²) in [6, 6.07) is 6.20. The predicted molar refractivity (Wildman–Crippen MR) is 81.8 cm³/mol. The van der Waals surface area contributed by atoms with E-state index in [2.05, 4.69) is 37.4 Å². The first-order chi connectivity index (χ1) is 9.17. The molecule has 0 aliphatic rings. The fraction of sp³-hybridized carbons (Fsp3) is 0.562. The lowest BCUT2D eigenvalue weighted by molar-refractivity contribution is 0.0524. The van der Waals surface area contributed by atoms with Gasteiger partial charge in [0.25, 0.3) is 0 Å². The van der Waals surface area contributed by atoms with Gasteiger partial charge in [0.15, 0.2) is 0 Å². The minimum Gasteiger partial charge on any atom is -0.444 e. The summed E-state index contributed by atoms with van der Waals surface area (Å²) in [6.07, 6.45) is 0.315. The van der Waals surface area contributed by atoms with Gasteiger partial charge in [0.2, 0.25) is 0 Å². The molecular formula is C16H26N2O2. The number of carbonyl (C=O) groups is 1. The maximum absolute atomic E-state index is 11.5. The number of carbonyl (C=O) groups excluding carboxylic acids is 1. The van der Waals surface area contributed by atoms with Gasteiger partial charge in [0.1, 0.15) is 5.60 Å². The average molecular weight is 278 g/mol. The normalized spacial score (nSPS) is 12.9. The van der Waals surface area contributed by atoms with Crippen LogP contribution < -0.4 is 11.1 Å². The molecule has 20 heavy (non-hydrogen) atoms. The van der Waals surface area contributed by atoms with Crippen LogP contribution in [0, 0.1) is 13.8 Å². The molecule has 1 unspecified atom stereocenters. The van der Waals surface area contributed by atoms with Crippen molar-refractivity contribution < 1.29 is 9.53 Å². The number of benzene rings is 1. The number of nitrogens with two attached hydrogens (primary N) is 1. The Kier molecular flexibility index (Phi) is 5.57. The van der Waals surface area contributed by atoms with E-state index in [1.807, 2.05) is 20.8 Å². The summed E-state index contributed by atoms with van der Waals surface area (Å²) >= 11 is 0. The second-order valence-electron chi connectivity index (χ2n) is 6.28. The zero-order valence-electron chi connectivity index (χ0n) is 13.1. The number of hydrogen-bond donors (Lipinski definition) is 2. The summed E-state index contributed by atoms with van der Waals surface area (Å²) in [7, 11) is 0. The molecule has 1 aromatic rings. The van der Waals surface area contributed by atoms with Crippen molar-refractivity contribution >= 4 is 6.09 Å². The van der Waals surface area contributed by atoms with Gasteiger partial charge in [-0.05, 0) is 52.2 Å². The Morgan fingerprint density at radius 1 is 1.35 bits per heavy atom. The van der Waals surface area contributed by atoms with Crippen LogP contribution in [0.5, 0.6) is 0 Å². The number of amides is 1. The quantitative estimate of drug-likeness (QED) is 0.890. The van der Waals surface area contributed by atoms with E-state index in [1.54, 1.807) is 0 Å². The summed E-state index contributed by atoms with van der Waals surface area (Å²) in [4.78, 5) is 11.5. The van der Waals surface area contributed by atoms with Crippen molar-refractivity contribution in [3.05, 3.63) is 34.9 Å². The molecular weight excluding hydrogens is 252 g/mol. The van der Waals surface area contributed by atoms with Gasteiger partial charge in [0, 0.05) is 12.6 Å². The molecule has 112 valence electrons. The van der Waals surface area contributed by atoms with E-state index in [4.69, 9.17) is 10.5 Å². The molecule has 4 nitrogen and oxygen atoms in total. The third kappa shape index (κ3) is 6.06. The molecule has 1 aromatic carbocycles. The van der Waals surface area contributed by atoms with Gasteiger partial charge in [-0.3, -0.25) is 0 Å². The lowest BCUT2D eigenvalue weighted by atomic mass is 9.99. The molecule has 0 fully saturated rings. The maximum atomic E-state index is 11.5. The highest BCUT2D eigenvalue weighted by Crippen LogP contribution is 2.12. The molecule has 1 atom stereocenters. The van der Waals surface area contributed by atoms with Crippen LogP contribution in [0.25, 0.3) is 0 Å². The zero-order valence-corrected chi connectivity index (χ0v) is 13.1. The third-order valence-electron chi connectivity index (χ3n) is 2.89. The minimum absolute atomic E-state index is 0.121. The van der Waals surface area contributed by atoms with E-state index in [1.165, 1.54) is 16.7 Å². The summed E-state index contributed by atoms with van der Waals surface area (Å²) in [5.74, 6) is 0. The number of aryl methyl sites for hydroxylation is 2. The van der Waals surface area contributed by atoms with Crippen molar-refractivity contribution in [1.29, 1.82) is 0 Å². The Morgan fingerprint density at radius 2 is 2.00 bits per heavy atom. The predicted octanol–water partition coefficient (Wildman–Crippen LogP) is 2.70. The van der Waals surface area contributed by atoms with Crippen LogP contribution in [0.4, 0.5) is 4.79 Å². The van der Waals surface area contributed by atoms with Crippen molar-refractivity contribution in [2.45, 2.75) is 52.7 Å². The smallest absolute Gasteiger partial charge is 0.407 e. The standard InChI is InChI=1S/C16H26N2O2/c1-11-6-7-13(12(2)8-11)9-14(17)10-18-15(19)20-16(3,4)5/h6-8,14H,9-10,17H2,1-5H3,(H,18,19). The van der Waals surface area contributed by atoms with E-state index in [0.717, 1.165) is 6.42 Å². The summed E-state index contributed by atoms with van der Waals surface area (Å²) in [5.41, 5.74) is 9.26. The Hall–Kier alpha value is -1.55. The molecule has 0 aliphatic carbocycles. The molecule has 0 bridgehead atoms. The highest BCUT2D eigenvalue weighted by molar-refractivity contribution is 5.67. The summed E-state index contributed by atoms with van der Waals surface area (Å²) in [5, 5.41) is 2.70. The molecule has 0 spiro atoms. The maximum Gasteiger partial charge on any atom is 0.407 e. The van der Waals surface area contributed by atoms with E-state index >= 15 is 0 Å². The molecule has 0 aromatic heterocycles. The fourth-order valence-electron chi connectivity index (χ4n) is 1.96. The molecule has 0 aliphatic heterocycles. The fourth-order valence-corrected chi connectivity index (χ4v) is 1.96. The first-order valence-corrected chi connectivity index (χ1v) is 6.96. The van der Waals surface area contributed by atoms with Crippen molar-refractivity contribution in [1.82, 2.24) is 5.32 Å². The van der Waals surface area contributed by atoms with Crippen LogP contribution in [0.2, 0.25) is 0 Å². The van der Waals surface area contributed by atoms with Crippen molar-refractivity contribution in [2.24, 2.45) is 5.73 Å². The Labute approximate surface area is 121 Å². The number of nitrogens with one attached hydrogen (secondary N) is 1. The highest BCUT2D eigenvalue weighted by atomic mass is 16.6. The lowest BCUT2D eigenvalue weighted by Crippen LogP contribution is -2.41. The minimum atomic E-state index is -0.484. The van der Waals surface area contributed by atoms with Gasteiger partial charge in [-0.2, -0.15) is 0 Å². The molecule has 3 N–H and O–H groups in total. The molecule has 1 amide bonds. The van der Waals surface area contributed by atoms with Gasteiger partial charge in [-0.1, -0.05) is 23.8 Å². The topological polar surface area (TPSA) is 64.3 Å². The van der Waals surface area contributed by atoms with Gasteiger partial charge >= 0.3 is 6.09 Å². The first-order valence-electron chi connectivity index (χ1n) is 6.96. The molecule has 0 heterocycles. The van der Waals surface area contributed by atoms with Crippen LogP contribution in [0.1, 0.15) is 37.5 Å². The van der Waals surface area contributed by atoms with Gasteiger partial charge in [0.05, 0.1) is 0 Å².